The maximum absolute atomic E-state index is 13.7. The van der Waals surface area contributed by atoms with Gasteiger partial charge < -0.3 is 40.8 Å². The van der Waals surface area contributed by atoms with Crippen LogP contribution in [0.3, 0.4) is 0 Å². The Hall–Kier alpha value is -4.71. The first-order chi connectivity index (χ1) is 23.7. The van der Waals surface area contributed by atoms with E-state index in [2.05, 4.69) is 20.9 Å². The number of amides is 3. The molecular formula is C32H43FN8O8. The van der Waals surface area contributed by atoms with Crippen LogP contribution in [0.2, 0.25) is 0 Å². The quantitative estimate of drug-likeness (QED) is 0.0943. The maximum atomic E-state index is 13.7. The SMILES string of the molecule is NC(=O)CCC(=O)NCCOCCOCCNC(=O)CC1N=C(Nc2ccc(F)cc2)N(CCN2CCOCC2)c2ccc([N+](=O)[O-])cc21. The van der Waals surface area contributed by atoms with Gasteiger partial charge in [0, 0.05) is 81.2 Å². The molecule has 0 bridgehead atoms. The number of morpholine rings is 1. The molecule has 2 aromatic rings. The molecule has 0 spiro atoms. The predicted molar refractivity (Wildman–Crippen MR) is 179 cm³/mol. The van der Waals surface area contributed by atoms with Crippen LogP contribution in [0.4, 0.5) is 21.5 Å². The van der Waals surface area contributed by atoms with Crippen LogP contribution in [-0.4, -0.2) is 112 Å². The molecule has 5 N–H and O–H groups in total. The molecule has 1 unspecified atom stereocenters. The summed E-state index contributed by atoms with van der Waals surface area (Å²) in [4.78, 5) is 55.6. The number of primary amides is 1. The number of hydrogen-bond acceptors (Lipinski definition) is 12. The fourth-order valence-corrected chi connectivity index (χ4v) is 5.20. The molecule has 1 atom stereocenters. The lowest BCUT2D eigenvalue weighted by Crippen LogP contribution is -2.46. The molecule has 2 aliphatic rings. The number of nitro benzene ring substituents is 1. The third kappa shape index (κ3) is 12.4. The van der Waals surface area contributed by atoms with Crippen molar-refractivity contribution in [2.75, 3.05) is 89.1 Å². The van der Waals surface area contributed by atoms with Crippen molar-refractivity contribution in [1.82, 2.24) is 15.5 Å². The highest BCUT2D eigenvalue weighted by Crippen LogP contribution is 2.38. The lowest BCUT2D eigenvalue weighted by molar-refractivity contribution is -0.384. The number of nitrogens with two attached hydrogens (primary N) is 1. The number of fused-ring (bicyclic) bond motifs is 1. The first kappa shape index (κ1) is 37.1. The fourth-order valence-electron chi connectivity index (χ4n) is 5.20. The number of benzene rings is 2. The molecule has 49 heavy (non-hydrogen) atoms. The molecule has 0 aliphatic carbocycles. The van der Waals surface area contributed by atoms with Gasteiger partial charge in [-0.3, -0.25) is 29.4 Å². The monoisotopic (exact) mass is 686 g/mol. The van der Waals surface area contributed by atoms with Gasteiger partial charge in [-0.05, 0) is 30.3 Å². The second kappa shape index (κ2) is 19.3. The highest BCUT2D eigenvalue weighted by atomic mass is 19.1. The predicted octanol–water partition coefficient (Wildman–Crippen LogP) is 1.32. The molecule has 0 radical (unpaired) electrons. The largest absolute Gasteiger partial charge is 0.379 e. The van der Waals surface area contributed by atoms with Crippen LogP contribution in [-0.2, 0) is 28.6 Å². The van der Waals surface area contributed by atoms with Crippen LogP contribution >= 0.6 is 0 Å². The number of anilines is 2. The van der Waals surface area contributed by atoms with Crippen molar-refractivity contribution in [2.45, 2.75) is 25.3 Å². The Labute approximate surface area is 283 Å². The van der Waals surface area contributed by atoms with E-state index in [1.54, 1.807) is 18.2 Å². The fraction of sp³-hybridized carbons (Fsp3) is 0.500. The Kier molecular flexibility index (Phi) is 14.6. The average Bonchev–Trinajstić information content (AvgIpc) is 3.09. The first-order valence-corrected chi connectivity index (χ1v) is 16.1. The van der Waals surface area contributed by atoms with Crippen molar-refractivity contribution in [3.8, 4) is 0 Å². The molecule has 0 saturated carbocycles. The van der Waals surface area contributed by atoms with Crippen LogP contribution < -0.4 is 26.6 Å². The van der Waals surface area contributed by atoms with Gasteiger partial charge in [0.05, 0.1) is 57.0 Å². The summed E-state index contributed by atoms with van der Waals surface area (Å²) < 4.78 is 30.0. The summed E-state index contributed by atoms with van der Waals surface area (Å²) in [6.07, 6.45) is -0.0509. The molecule has 2 heterocycles. The second-order valence-corrected chi connectivity index (χ2v) is 11.3. The van der Waals surface area contributed by atoms with Crippen LogP contribution in [0.15, 0.2) is 47.5 Å². The van der Waals surface area contributed by atoms with Crippen molar-refractivity contribution in [2.24, 2.45) is 10.7 Å². The van der Waals surface area contributed by atoms with E-state index < -0.39 is 16.9 Å². The van der Waals surface area contributed by atoms with Crippen molar-refractivity contribution >= 4 is 40.7 Å². The zero-order chi connectivity index (χ0) is 35.0. The molecule has 17 heteroatoms. The minimum Gasteiger partial charge on any atom is -0.379 e. The van der Waals surface area contributed by atoms with Gasteiger partial charge >= 0.3 is 0 Å². The van der Waals surface area contributed by atoms with Gasteiger partial charge in [0.2, 0.25) is 23.7 Å². The summed E-state index contributed by atoms with van der Waals surface area (Å²) in [7, 11) is 0. The molecule has 2 aliphatic heterocycles. The van der Waals surface area contributed by atoms with Crippen molar-refractivity contribution in [3.05, 3.63) is 64.0 Å². The molecule has 2 aromatic carbocycles. The minimum absolute atomic E-state index is 0.00907. The van der Waals surface area contributed by atoms with Crippen molar-refractivity contribution < 1.29 is 37.9 Å². The van der Waals surface area contributed by atoms with Gasteiger partial charge in [0.25, 0.3) is 5.69 Å². The van der Waals surface area contributed by atoms with Crippen molar-refractivity contribution in [1.29, 1.82) is 0 Å². The summed E-state index contributed by atoms with van der Waals surface area (Å²) >= 11 is 0. The topological polar surface area (TPSA) is 203 Å². The first-order valence-electron chi connectivity index (χ1n) is 16.1. The van der Waals surface area contributed by atoms with Crippen LogP contribution in [0, 0.1) is 15.9 Å². The minimum atomic E-state index is -0.733. The number of nitrogens with zero attached hydrogens (tertiary/aromatic N) is 4. The van der Waals surface area contributed by atoms with E-state index in [1.165, 1.54) is 24.3 Å². The number of aliphatic imine (C=N–C) groups is 1. The lowest BCUT2D eigenvalue weighted by Gasteiger charge is -2.36. The molecule has 16 nitrogen and oxygen atoms in total. The second-order valence-electron chi connectivity index (χ2n) is 11.3. The number of carbonyl (C=O) groups excluding carboxylic acids is 3. The summed E-state index contributed by atoms with van der Waals surface area (Å²) in [5.41, 5.74) is 6.74. The van der Waals surface area contributed by atoms with E-state index in [0.717, 1.165) is 13.1 Å². The van der Waals surface area contributed by atoms with Gasteiger partial charge in [0.1, 0.15) is 5.82 Å². The molecular weight excluding hydrogens is 643 g/mol. The third-order valence-corrected chi connectivity index (χ3v) is 7.74. The number of rotatable bonds is 19. The number of nitrogens with one attached hydrogen (secondary N) is 3. The highest BCUT2D eigenvalue weighted by Gasteiger charge is 2.31. The number of carbonyl (C=O) groups is 3. The standard InChI is InChI=1S/C32H43FN8O8/c33-23-1-3-24(4-2-23)37-32-38-27(22-31(44)36-10-16-48-20-19-47-15-9-35-30(43)8-7-29(34)42)26-21-25(41(45)46)5-6-28(26)40(32)12-11-39-13-17-49-18-14-39/h1-6,21,27H,7-20,22H2,(H2,34,42)(H,35,43)(H,36,44)(H,37,38). The van der Waals surface area contributed by atoms with E-state index in [9.17, 15) is 28.9 Å². The summed E-state index contributed by atoms with van der Waals surface area (Å²) in [5.74, 6) is -1.08. The smallest absolute Gasteiger partial charge is 0.269 e. The highest BCUT2D eigenvalue weighted by molar-refractivity contribution is 6.07. The number of non-ortho nitro benzene ring substituents is 1. The molecule has 266 valence electrons. The number of hydrogen-bond donors (Lipinski definition) is 4. The summed E-state index contributed by atoms with van der Waals surface area (Å²) in [6.45, 7) is 5.56. The van der Waals surface area contributed by atoms with E-state index in [4.69, 9.17) is 24.9 Å². The Morgan fingerprint density at radius 1 is 0.959 bits per heavy atom. The van der Waals surface area contributed by atoms with Gasteiger partial charge in [-0.25, -0.2) is 9.38 Å². The van der Waals surface area contributed by atoms with Crippen LogP contribution in [0.25, 0.3) is 0 Å². The van der Waals surface area contributed by atoms with E-state index >= 15 is 0 Å². The molecule has 4 rings (SSSR count). The Morgan fingerprint density at radius 3 is 2.29 bits per heavy atom. The Morgan fingerprint density at radius 2 is 1.63 bits per heavy atom. The third-order valence-electron chi connectivity index (χ3n) is 7.74. The van der Waals surface area contributed by atoms with Gasteiger partial charge in [-0.15, -0.1) is 0 Å². The number of halogens is 1. The van der Waals surface area contributed by atoms with Crippen molar-refractivity contribution in [3.63, 3.8) is 0 Å². The van der Waals surface area contributed by atoms with E-state index in [-0.39, 0.29) is 82.1 Å². The van der Waals surface area contributed by atoms with E-state index in [0.29, 0.717) is 49.2 Å². The summed E-state index contributed by atoms with van der Waals surface area (Å²) in [6, 6.07) is 9.67. The molecule has 3 amide bonds. The van der Waals surface area contributed by atoms with Gasteiger partial charge in [-0.2, -0.15) is 0 Å². The number of ether oxygens (including phenoxy) is 3. The lowest BCUT2D eigenvalue weighted by atomic mass is 9.98. The van der Waals surface area contributed by atoms with E-state index in [1.807, 2.05) is 4.90 Å². The normalized spacial score (nSPS) is 16.0. The average molecular weight is 687 g/mol. The number of guanidine groups is 1. The molecule has 1 saturated heterocycles. The Bertz CT molecular complexity index is 1460. The molecule has 0 aromatic heterocycles. The Balaban J connectivity index is 1.33. The maximum Gasteiger partial charge on any atom is 0.269 e. The molecule has 1 fully saturated rings. The van der Waals surface area contributed by atoms with Crippen LogP contribution in [0.1, 0.15) is 30.9 Å². The van der Waals surface area contributed by atoms with Gasteiger partial charge in [-0.1, -0.05) is 0 Å². The van der Waals surface area contributed by atoms with Crippen LogP contribution in [0.5, 0.6) is 0 Å². The van der Waals surface area contributed by atoms with Gasteiger partial charge in [0.15, 0.2) is 0 Å². The number of nitro groups is 1. The zero-order valence-electron chi connectivity index (χ0n) is 27.2. The zero-order valence-corrected chi connectivity index (χ0v) is 27.2. The summed E-state index contributed by atoms with van der Waals surface area (Å²) in [5, 5.41) is 20.4.